The number of hydrogen-bond donors (Lipinski definition) is 0. The van der Waals surface area contributed by atoms with Crippen molar-refractivity contribution in [1.82, 2.24) is 14.5 Å². The van der Waals surface area contributed by atoms with Crippen LogP contribution in [0.1, 0.15) is 30.3 Å². The van der Waals surface area contributed by atoms with Gasteiger partial charge in [-0.3, -0.25) is 9.55 Å². The zero-order valence-electron chi connectivity index (χ0n) is 19.4. The predicted molar refractivity (Wildman–Crippen MR) is 135 cm³/mol. The fourth-order valence-electron chi connectivity index (χ4n) is 6.02. The monoisotopic (exact) mass is 456 g/mol. The molecule has 0 N–H and O–H groups in total. The summed E-state index contributed by atoms with van der Waals surface area (Å²) in [7, 11) is 0. The van der Waals surface area contributed by atoms with E-state index in [0.717, 1.165) is 46.9 Å². The van der Waals surface area contributed by atoms with Gasteiger partial charge in [0.25, 0.3) is 0 Å². The van der Waals surface area contributed by atoms with Crippen LogP contribution in [0.4, 0.5) is 0 Å². The molecule has 2 aromatic heterocycles. The van der Waals surface area contributed by atoms with Crippen LogP contribution in [0, 0.1) is 18.4 Å². The normalized spacial score (nSPS) is 23.1. The molecule has 0 saturated heterocycles. The van der Waals surface area contributed by atoms with E-state index in [2.05, 4.69) is 38.7 Å². The first-order chi connectivity index (χ1) is 17.1. The van der Waals surface area contributed by atoms with Crippen LogP contribution < -0.4 is 0 Å². The average Bonchev–Trinajstić information content (AvgIpc) is 3.32. The number of nitrogens with zero attached hydrogens (tertiary/aromatic N) is 4. The second kappa shape index (κ2) is 8.18. The standard InChI is InChI=1S/C30H24N4O/c1-20-24-13-14-26-28(30(24,19-25(31-2)27(20)35)22-9-5-3-6-10-22)33-29(21-15-17-32-18-16-21)34(26)23-11-7-4-8-12-23/h3-12,15-20,24H,13-14H2,1H3/t20-,24-,30+/m0/s1. The molecule has 0 aliphatic heterocycles. The van der Waals surface area contributed by atoms with Gasteiger partial charge in [-0.25, -0.2) is 9.83 Å². The lowest BCUT2D eigenvalue weighted by molar-refractivity contribution is -0.121. The van der Waals surface area contributed by atoms with Crippen molar-refractivity contribution in [2.45, 2.75) is 25.2 Å². The van der Waals surface area contributed by atoms with E-state index in [0.29, 0.717) is 0 Å². The Kier molecular flexibility index (Phi) is 4.96. The van der Waals surface area contributed by atoms with E-state index < -0.39 is 5.41 Å². The van der Waals surface area contributed by atoms with Gasteiger partial charge in [0.05, 0.1) is 17.7 Å². The van der Waals surface area contributed by atoms with Crippen LogP contribution >= 0.6 is 0 Å². The van der Waals surface area contributed by atoms with Crippen LogP contribution in [-0.2, 0) is 16.6 Å². The maximum Gasteiger partial charge on any atom is 0.226 e. The first-order valence-electron chi connectivity index (χ1n) is 11.9. The lowest BCUT2D eigenvalue weighted by Gasteiger charge is -2.47. The average molecular weight is 457 g/mol. The SMILES string of the molecule is [C-]#[N+]C1=C[C@]2(c3ccccc3)c3nc(-c4ccncc4)n(-c4ccccc4)c3CC[C@H]2[C@H](C)C1=O. The number of carbonyl (C=O) groups excluding carboxylic acids is 1. The van der Waals surface area contributed by atoms with Crippen LogP contribution in [0.2, 0.25) is 0 Å². The molecule has 0 fully saturated rings. The van der Waals surface area contributed by atoms with Gasteiger partial charge < -0.3 is 4.79 Å². The maximum atomic E-state index is 13.1. The molecule has 0 bridgehead atoms. The fourth-order valence-corrected chi connectivity index (χ4v) is 6.02. The van der Waals surface area contributed by atoms with Crippen molar-refractivity contribution in [2.24, 2.45) is 11.8 Å². The van der Waals surface area contributed by atoms with Crippen molar-refractivity contribution < 1.29 is 4.79 Å². The summed E-state index contributed by atoms with van der Waals surface area (Å²) < 4.78 is 2.25. The summed E-state index contributed by atoms with van der Waals surface area (Å²) in [6.07, 6.45) is 7.13. The molecule has 0 unspecified atom stereocenters. The van der Waals surface area contributed by atoms with Crippen LogP contribution in [-0.4, -0.2) is 20.3 Å². The quantitative estimate of drug-likeness (QED) is 0.366. The third kappa shape index (κ3) is 3.10. The van der Waals surface area contributed by atoms with Gasteiger partial charge in [-0.1, -0.05) is 61.5 Å². The molecule has 0 amide bonds. The van der Waals surface area contributed by atoms with E-state index in [4.69, 9.17) is 11.6 Å². The zero-order valence-corrected chi connectivity index (χ0v) is 19.4. The number of ketones is 1. The van der Waals surface area contributed by atoms with E-state index in [1.165, 1.54) is 0 Å². The molecule has 2 aliphatic rings. The van der Waals surface area contributed by atoms with E-state index in [-0.39, 0.29) is 23.3 Å². The zero-order chi connectivity index (χ0) is 24.0. The molecular weight excluding hydrogens is 432 g/mol. The number of pyridine rings is 1. The summed E-state index contributed by atoms with van der Waals surface area (Å²) in [5, 5.41) is 0. The van der Waals surface area contributed by atoms with Gasteiger partial charge in [0.15, 0.2) is 5.78 Å². The Morgan fingerprint density at radius 3 is 2.37 bits per heavy atom. The van der Waals surface area contributed by atoms with E-state index in [1.807, 2.05) is 61.5 Å². The Labute approximate surface area is 204 Å². The number of benzene rings is 2. The Hall–Kier alpha value is -4.30. The van der Waals surface area contributed by atoms with E-state index in [1.54, 1.807) is 12.4 Å². The number of Topliss-reactive ketones (excluding diaryl/α,β-unsaturated/α-hetero) is 1. The molecule has 0 saturated carbocycles. The molecule has 5 nitrogen and oxygen atoms in total. The number of para-hydroxylation sites is 1. The summed E-state index contributed by atoms with van der Waals surface area (Å²) in [5.41, 5.74) is 4.73. The number of fused-ring (bicyclic) bond motifs is 3. The number of carbonyl (C=O) groups is 1. The highest BCUT2D eigenvalue weighted by Gasteiger charge is 2.53. The van der Waals surface area contributed by atoms with Crippen molar-refractivity contribution in [1.29, 1.82) is 0 Å². The van der Waals surface area contributed by atoms with Gasteiger partial charge >= 0.3 is 0 Å². The highest BCUT2D eigenvalue weighted by Crippen LogP contribution is 2.54. The predicted octanol–water partition coefficient (Wildman–Crippen LogP) is 5.80. The largest absolute Gasteiger partial charge is 0.308 e. The summed E-state index contributed by atoms with van der Waals surface area (Å²) in [6.45, 7) is 9.75. The Morgan fingerprint density at radius 2 is 1.69 bits per heavy atom. The van der Waals surface area contributed by atoms with Crippen LogP contribution in [0.5, 0.6) is 0 Å². The third-order valence-corrected chi connectivity index (χ3v) is 7.60. The van der Waals surface area contributed by atoms with Gasteiger partial charge in [-0.15, -0.1) is 0 Å². The Balaban J connectivity index is 1.73. The van der Waals surface area contributed by atoms with Crippen molar-refractivity contribution in [3.05, 3.63) is 125 Å². The molecule has 0 spiro atoms. The van der Waals surface area contributed by atoms with Crippen LogP contribution in [0.25, 0.3) is 21.9 Å². The number of rotatable bonds is 3. The lowest BCUT2D eigenvalue weighted by Crippen LogP contribution is -2.48. The minimum atomic E-state index is -0.649. The van der Waals surface area contributed by atoms with Crippen LogP contribution in [0.3, 0.4) is 0 Å². The molecule has 35 heavy (non-hydrogen) atoms. The van der Waals surface area contributed by atoms with Gasteiger partial charge in [0.1, 0.15) is 5.82 Å². The fraction of sp³-hybridized carbons (Fsp3) is 0.200. The summed E-state index contributed by atoms with van der Waals surface area (Å²) in [5.74, 6) is 0.558. The molecule has 4 aromatic rings. The van der Waals surface area contributed by atoms with Gasteiger partial charge in [-0.05, 0) is 48.6 Å². The number of hydrogen-bond acceptors (Lipinski definition) is 3. The van der Waals surface area contributed by atoms with Gasteiger partial charge in [-0.2, -0.15) is 0 Å². The Bertz CT molecular complexity index is 1480. The molecule has 6 rings (SSSR count). The highest BCUT2D eigenvalue weighted by molar-refractivity contribution is 6.00. The summed E-state index contributed by atoms with van der Waals surface area (Å²) >= 11 is 0. The molecule has 2 aliphatic carbocycles. The van der Waals surface area contributed by atoms with Crippen molar-refractivity contribution in [2.75, 3.05) is 0 Å². The van der Waals surface area contributed by atoms with Gasteiger partial charge in [0.2, 0.25) is 5.70 Å². The number of imidazole rings is 1. The van der Waals surface area contributed by atoms with Crippen molar-refractivity contribution in [3.8, 4) is 17.1 Å². The van der Waals surface area contributed by atoms with E-state index in [9.17, 15) is 4.79 Å². The van der Waals surface area contributed by atoms with Gasteiger partial charge in [0, 0.05) is 35.3 Å². The Morgan fingerprint density at radius 1 is 1.00 bits per heavy atom. The molecule has 0 radical (unpaired) electrons. The first-order valence-corrected chi connectivity index (χ1v) is 11.9. The number of allylic oxidation sites excluding steroid dienone is 2. The lowest BCUT2D eigenvalue weighted by atomic mass is 9.55. The highest BCUT2D eigenvalue weighted by atomic mass is 16.1. The second-order valence-electron chi connectivity index (χ2n) is 9.31. The molecule has 3 atom stereocenters. The second-order valence-corrected chi connectivity index (χ2v) is 9.31. The topological polar surface area (TPSA) is 52.1 Å². The van der Waals surface area contributed by atoms with Crippen LogP contribution in [0.15, 0.2) is 97.0 Å². The summed E-state index contributed by atoms with van der Waals surface area (Å²) in [6, 6.07) is 24.5. The smallest absolute Gasteiger partial charge is 0.226 e. The van der Waals surface area contributed by atoms with Crippen molar-refractivity contribution in [3.63, 3.8) is 0 Å². The molecule has 5 heteroatoms. The van der Waals surface area contributed by atoms with E-state index >= 15 is 0 Å². The minimum Gasteiger partial charge on any atom is -0.308 e. The third-order valence-electron chi connectivity index (χ3n) is 7.60. The summed E-state index contributed by atoms with van der Waals surface area (Å²) in [4.78, 5) is 26.3. The molecular formula is C30H24N4O. The van der Waals surface area contributed by atoms with Crippen molar-refractivity contribution >= 4 is 5.78 Å². The minimum absolute atomic E-state index is 0.0276. The molecule has 2 aromatic carbocycles. The maximum absolute atomic E-state index is 13.1. The molecule has 2 heterocycles. The number of aromatic nitrogens is 3. The first kappa shape index (κ1) is 21.2. The molecule has 170 valence electrons.